The minimum atomic E-state index is -1.62. The molecular weight excluding hydrogens is 284 g/mol. The fourth-order valence-corrected chi connectivity index (χ4v) is 3.19. The minimum Gasteiger partial charge on any atom is -0.493 e. The lowest BCUT2D eigenvalue weighted by Crippen LogP contribution is -2.22. The number of carboxylic acid groups (broad SMARTS) is 1. The Morgan fingerprint density at radius 3 is 2.35 bits per heavy atom. The van der Waals surface area contributed by atoms with E-state index in [1.54, 1.807) is 0 Å². The number of aliphatic carboxylic acids is 1. The lowest BCUT2D eigenvalue weighted by Gasteiger charge is -2.29. The van der Waals surface area contributed by atoms with E-state index in [1.807, 2.05) is 0 Å². The van der Waals surface area contributed by atoms with Crippen LogP contribution in [0.15, 0.2) is 0 Å². The van der Waals surface area contributed by atoms with Crippen LogP contribution in [0.4, 0.5) is 0 Å². The Labute approximate surface area is 121 Å². The molecule has 2 N–H and O–H groups in total. The summed E-state index contributed by atoms with van der Waals surface area (Å²) in [6.07, 6.45) is 1.29. The Morgan fingerprint density at radius 2 is 1.70 bits per heavy atom. The van der Waals surface area contributed by atoms with Crippen molar-refractivity contribution in [3.05, 3.63) is 21.7 Å². The lowest BCUT2D eigenvalue weighted by atomic mass is 9.90. The molecule has 3 rings (SSSR count). The molecule has 0 aliphatic carbocycles. The molecule has 5 nitrogen and oxygen atoms in total. The van der Waals surface area contributed by atoms with E-state index >= 15 is 0 Å². The van der Waals surface area contributed by atoms with Crippen molar-refractivity contribution in [2.75, 3.05) is 13.2 Å². The average Bonchev–Trinajstić information content (AvgIpc) is 2.47. The van der Waals surface area contributed by atoms with Gasteiger partial charge < -0.3 is 19.7 Å². The predicted molar refractivity (Wildman–Crippen MR) is 71.7 cm³/mol. The largest absolute Gasteiger partial charge is 0.493 e. The molecule has 1 unspecified atom stereocenters. The first-order chi connectivity index (χ1) is 9.61. The molecule has 0 amide bonds. The maximum absolute atomic E-state index is 11.2. The number of carboxylic acids is 1. The quantitative estimate of drug-likeness (QED) is 0.874. The predicted octanol–water partition coefficient (Wildman–Crippen LogP) is 2.11. The van der Waals surface area contributed by atoms with Gasteiger partial charge in [-0.3, -0.25) is 0 Å². The zero-order valence-corrected chi connectivity index (χ0v) is 11.6. The Kier molecular flexibility index (Phi) is 3.48. The fraction of sp³-hybridized carbons (Fsp3) is 0.500. The Bertz CT molecular complexity index is 532. The van der Waals surface area contributed by atoms with Gasteiger partial charge in [0.25, 0.3) is 0 Å². The van der Waals surface area contributed by atoms with Gasteiger partial charge in [-0.2, -0.15) is 0 Å². The normalized spacial score (nSPS) is 18.3. The summed E-state index contributed by atoms with van der Waals surface area (Å²) in [6, 6.07) is 0. The number of hydrogen-bond donors (Lipinski definition) is 2. The number of rotatable bonds is 2. The summed E-state index contributed by atoms with van der Waals surface area (Å²) in [7, 11) is 0. The highest BCUT2D eigenvalue weighted by Gasteiger charge is 2.34. The molecule has 0 bridgehead atoms. The zero-order chi connectivity index (χ0) is 14.3. The third-order valence-corrected chi connectivity index (χ3v) is 4.12. The van der Waals surface area contributed by atoms with Crippen LogP contribution in [0.25, 0.3) is 0 Å². The maximum Gasteiger partial charge on any atom is 0.337 e. The van der Waals surface area contributed by atoms with Gasteiger partial charge in [-0.1, -0.05) is 11.6 Å². The van der Waals surface area contributed by atoms with Crippen molar-refractivity contribution >= 4 is 17.6 Å². The van der Waals surface area contributed by atoms with E-state index in [2.05, 4.69) is 0 Å². The van der Waals surface area contributed by atoms with Crippen LogP contribution in [0.5, 0.6) is 11.5 Å². The number of halogens is 1. The van der Waals surface area contributed by atoms with E-state index in [0.29, 0.717) is 53.7 Å². The van der Waals surface area contributed by atoms with Crippen LogP contribution < -0.4 is 9.47 Å². The van der Waals surface area contributed by atoms with Gasteiger partial charge >= 0.3 is 5.97 Å². The smallest absolute Gasteiger partial charge is 0.337 e. The van der Waals surface area contributed by atoms with E-state index in [-0.39, 0.29) is 0 Å². The second kappa shape index (κ2) is 5.14. The van der Waals surface area contributed by atoms with Crippen molar-refractivity contribution in [3.8, 4) is 11.5 Å². The molecule has 1 aromatic carbocycles. The summed E-state index contributed by atoms with van der Waals surface area (Å²) in [4.78, 5) is 11.2. The van der Waals surface area contributed by atoms with Crippen LogP contribution in [0, 0.1) is 0 Å². The first-order valence-electron chi connectivity index (χ1n) is 6.64. The highest BCUT2D eigenvalue weighted by atomic mass is 35.5. The van der Waals surface area contributed by atoms with Crippen LogP contribution in [-0.2, 0) is 17.6 Å². The van der Waals surface area contributed by atoms with Crippen LogP contribution in [-0.4, -0.2) is 29.4 Å². The summed E-state index contributed by atoms with van der Waals surface area (Å²) >= 11 is 6.37. The summed E-state index contributed by atoms with van der Waals surface area (Å²) in [5.74, 6) is -0.352. The van der Waals surface area contributed by atoms with E-state index in [0.717, 1.165) is 18.4 Å². The van der Waals surface area contributed by atoms with Gasteiger partial charge in [0.1, 0.15) is 11.5 Å². The second-order valence-corrected chi connectivity index (χ2v) is 5.37. The van der Waals surface area contributed by atoms with Gasteiger partial charge in [0.05, 0.1) is 18.2 Å². The Balaban J connectivity index is 2.27. The number of benzene rings is 1. The summed E-state index contributed by atoms with van der Waals surface area (Å²) in [5, 5.41) is 19.6. The van der Waals surface area contributed by atoms with Gasteiger partial charge in [0.15, 0.2) is 6.10 Å². The summed E-state index contributed by atoms with van der Waals surface area (Å²) < 4.78 is 11.2. The molecule has 2 heterocycles. The zero-order valence-electron chi connectivity index (χ0n) is 10.8. The number of fused-ring (bicyclic) bond motifs is 2. The number of aliphatic hydroxyl groups excluding tert-OH is 1. The lowest BCUT2D eigenvalue weighted by molar-refractivity contribution is -0.147. The van der Waals surface area contributed by atoms with Crippen molar-refractivity contribution in [1.82, 2.24) is 0 Å². The molecule has 0 fully saturated rings. The Morgan fingerprint density at radius 1 is 1.10 bits per heavy atom. The molecular formula is C14H15ClO5. The molecule has 0 spiro atoms. The fourth-order valence-electron chi connectivity index (χ4n) is 2.84. The first kappa shape index (κ1) is 13.5. The van der Waals surface area contributed by atoms with E-state index in [1.165, 1.54) is 0 Å². The Hall–Kier alpha value is -1.46. The maximum atomic E-state index is 11.2. The van der Waals surface area contributed by atoms with Crippen molar-refractivity contribution in [1.29, 1.82) is 0 Å². The third kappa shape index (κ3) is 2.01. The number of ether oxygens (including phenoxy) is 2. The van der Waals surface area contributed by atoms with Gasteiger partial charge in [0.2, 0.25) is 0 Å². The van der Waals surface area contributed by atoms with Crippen molar-refractivity contribution < 1.29 is 24.5 Å². The summed E-state index contributed by atoms with van der Waals surface area (Å²) in [5.41, 5.74) is 1.72. The molecule has 0 aromatic heterocycles. The second-order valence-electron chi connectivity index (χ2n) is 4.99. The standard InChI is InChI=1S/C14H15ClO5/c15-10-8-4-2-5-19-12(8)9(11(16)14(17)18)7-3-1-6-20-13(7)10/h11,16H,1-6H2,(H,17,18). The van der Waals surface area contributed by atoms with Crippen LogP contribution in [0.1, 0.15) is 35.6 Å². The van der Waals surface area contributed by atoms with Gasteiger partial charge in [-0.25, -0.2) is 4.79 Å². The molecule has 2 aliphatic rings. The van der Waals surface area contributed by atoms with Crippen molar-refractivity contribution in [3.63, 3.8) is 0 Å². The molecule has 6 heteroatoms. The van der Waals surface area contributed by atoms with E-state index < -0.39 is 12.1 Å². The molecule has 108 valence electrons. The molecule has 0 saturated carbocycles. The SMILES string of the molecule is O=C(O)C(O)c1c2c(c(Cl)c3c1OCCC3)OCCC2. The van der Waals surface area contributed by atoms with E-state index in [4.69, 9.17) is 26.2 Å². The number of hydrogen-bond acceptors (Lipinski definition) is 4. The highest BCUT2D eigenvalue weighted by Crippen LogP contribution is 2.48. The van der Waals surface area contributed by atoms with Crippen molar-refractivity contribution in [2.45, 2.75) is 31.8 Å². The molecule has 0 radical (unpaired) electrons. The number of aliphatic hydroxyl groups is 1. The monoisotopic (exact) mass is 298 g/mol. The van der Waals surface area contributed by atoms with E-state index in [9.17, 15) is 9.90 Å². The van der Waals surface area contributed by atoms with Crippen LogP contribution in [0.3, 0.4) is 0 Å². The molecule has 1 aromatic rings. The summed E-state index contributed by atoms with van der Waals surface area (Å²) in [6.45, 7) is 1.05. The minimum absolute atomic E-state index is 0.311. The topological polar surface area (TPSA) is 76.0 Å². The van der Waals surface area contributed by atoms with Crippen LogP contribution in [0.2, 0.25) is 5.02 Å². The van der Waals surface area contributed by atoms with Gasteiger partial charge in [0, 0.05) is 16.7 Å². The van der Waals surface area contributed by atoms with Crippen LogP contribution >= 0.6 is 11.6 Å². The average molecular weight is 299 g/mol. The number of carbonyl (C=O) groups is 1. The highest BCUT2D eigenvalue weighted by molar-refractivity contribution is 6.33. The first-order valence-corrected chi connectivity index (χ1v) is 7.02. The molecule has 20 heavy (non-hydrogen) atoms. The molecule has 1 atom stereocenters. The molecule has 2 aliphatic heterocycles. The third-order valence-electron chi connectivity index (χ3n) is 3.72. The van der Waals surface area contributed by atoms with Gasteiger partial charge in [-0.15, -0.1) is 0 Å². The molecule has 0 saturated heterocycles. The van der Waals surface area contributed by atoms with Gasteiger partial charge in [-0.05, 0) is 25.7 Å². The van der Waals surface area contributed by atoms with Crippen molar-refractivity contribution in [2.24, 2.45) is 0 Å².